The molecule has 2 aromatic rings. The highest BCUT2D eigenvalue weighted by Crippen LogP contribution is 2.68. The van der Waals surface area contributed by atoms with E-state index in [4.69, 9.17) is 8.37 Å². The van der Waals surface area contributed by atoms with Crippen LogP contribution in [0.15, 0.2) is 41.3 Å². The van der Waals surface area contributed by atoms with E-state index >= 15 is 0 Å². The minimum atomic E-state index is -7.37. The number of ether oxygens (including phenoxy) is 1. The summed E-state index contributed by atoms with van der Waals surface area (Å²) < 4.78 is 159. The van der Waals surface area contributed by atoms with Gasteiger partial charge in [-0.2, -0.15) is 47.9 Å². The Bertz CT molecular complexity index is 1300. The number of hydrogen-bond donors (Lipinski definition) is 0. The fourth-order valence-corrected chi connectivity index (χ4v) is 10.9. The lowest BCUT2D eigenvalue weighted by Gasteiger charge is -2.39. The highest BCUT2D eigenvalue weighted by atomic mass is 32.3. The highest BCUT2D eigenvalue weighted by Gasteiger charge is 2.86. The predicted octanol–water partition coefficient (Wildman–Crippen LogP) is 8.20. The summed E-state index contributed by atoms with van der Waals surface area (Å²) in [4.78, 5) is 0.0222. The smallest absolute Gasteiger partial charge is 0.460 e. The first-order valence-electron chi connectivity index (χ1n) is 12.1. The maximum Gasteiger partial charge on any atom is 0.460 e. The van der Waals surface area contributed by atoms with Gasteiger partial charge >= 0.3 is 33.4 Å². The Morgan fingerprint density at radius 2 is 1.33 bits per heavy atom. The molecule has 0 N–H and O–H groups in total. The van der Waals surface area contributed by atoms with E-state index in [0.717, 1.165) is 19.3 Å². The molecule has 0 unspecified atom stereocenters. The molecule has 2 aromatic carbocycles. The quantitative estimate of drug-likeness (QED) is 0.282. The summed E-state index contributed by atoms with van der Waals surface area (Å²) in [6.45, 7) is 0. The number of alkyl halides is 9. The summed E-state index contributed by atoms with van der Waals surface area (Å²) in [5.74, 6) is -15.1. The standard InChI is InChI=1S/C24H25F9O4S2/c25-21(26,23(29,30)31)22(27,28)24(32,33)39(34,35)37-38(14-6-7-15-38)20-18-11-5-4-8-16(18)12-13-19(20)36-17-9-2-1-3-10-17/h4-5,8,11-13,17H,1-3,6-7,9-10,14-15H2. The Morgan fingerprint density at radius 1 is 0.744 bits per heavy atom. The molecule has 1 saturated heterocycles. The lowest BCUT2D eigenvalue weighted by atomic mass is 9.98. The molecule has 1 saturated carbocycles. The monoisotopic (exact) mass is 612 g/mol. The second-order valence-electron chi connectivity index (χ2n) is 9.60. The van der Waals surface area contributed by atoms with Crippen LogP contribution >= 0.6 is 10.3 Å². The summed E-state index contributed by atoms with van der Waals surface area (Å²) >= 11 is 0. The number of halogens is 9. The fraction of sp³-hybridized carbons (Fsp3) is 0.583. The second-order valence-corrected chi connectivity index (χ2v) is 14.4. The molecule has 1 aliphatic heterocycles. The van der Waals surface area contributed by atoms with E-state index in [1.165, 1.54) is 12.1 Å². The molecule has 15 heteroatoms. The number of benzene rings is 2. The van der Waals surface area contributed by atoms with Crippen molar-refractivity contribution in [2.75, 3.05) is 11.5 Å². The van der Waals surface area contributed by atoms with E-state index in [1.807, 2.05) is 0 Å². The Kier molecular flexibility index (Phi) is 7.87. The van der Waals surface area contributed by atoms with Crippen molar-refractivity contribution in [1.82, 2.24) is 0 Å². The molecule has 220 valence electrons. The van der Waals surface area contributed by atoms with Gasteiger partial charge in [-0.05, 0) is 55.4 Å². The average Bonchev–Trinajstić information content (AvgIpc) is 3.31. The lowest BCUT2D eigenvalue weighted by Crippen LogP contribution is -2.63. The molecule has 0 bridgehead atoms. The van der Waals surface area contributed by atoms with E-state index < -0.39 is 43.7 Å². The SMILES string of the molecule is O=S(=O)(OS1(c2c(OC3CCCCC3)ccc3ccccc23)CCCC1)C(F)(F)C(F)(F)C(F)(F)C(F)(F)F. The average molecular weight is 613 g/mol. The molecule has 0 spiro atoms. The molecular weight excluding hydrogens is 587 g/mol. The van der Waals surface area contributed by atoms with Crippen LogP contribution in [0.4, 0.5) is 39.5 Å². The molecule has 1 aliphatic carbocycles. The van der Waals surface area contributed by atoms with Crippen molar-refractivity contribution in [3.63, 3.8) is 0 Å². The van der Waals surface area contributed by atoms with Gasteiger partial charge in [0, 0.05) is 11.5 Å². The molecule has 39 heavy (non-hydrogen) atoms. The molecule has 0 atom stereocenters. The summed E-state index contributed by atoms with van der Waals surface area (Å²) in [5, 5.41) is -6.10. The number of hydrogen-bond acceptors (Lipinski definition) is 4. The molecule has 4 rings (SSSR count). The Morgan fingerprint density at radius 3 is 1.92 bits per heavy atom. The third-order valence-electron chi connectivity index (χ3n) is 6.91. The van der Waals surface area contributed by atoms with Gasteiger partial charge in [0.05, 0.1) is 11.0 Å². The lowest BCUT2D eigenvalue weighted by molar-refractivity contribution is -0.382. The van der Waals surface area contributed by atoms with E-state index in [0.29, 0.717) is 23.6 Å². The minimum Gasteiger partial charge on any atom is -0.489 e. The summed E-state index contributed by atoms with van der Waals surface area (Å²) in [6, 6.07) is 9.42. The molecule has 2 aliphatic rings. The topological polar surface area (TPSA) is 52.6 Å². The van der Waals surface area contributed by atoms with Crippen molar-refractivity contribution in [3.8, 4) is 5.75 Å². The van der Waals surface area contributed by atoms with Gasteiger partial charge in [-0.25, -0.2) is 3.63 Å². The zero-order chi connectivity index (χ0) is 28.9. The minimum absolute atomic E-state index is 0.0222. The highest BCUT2D eigenvalue weighted by molar-refractivity contribution is 8.33. The Labute approximate surface area is 220 Å². The van der Waals surface area contributed by atoms with Crippen molar-refractivity contribution in [3.05, 3.63) is 36.4 Å². The summed E-state index contributed by atoms with van der Waals surface area (Å²) in [7, 11) is -10.5. The van der Waals surface area contributed by atoms with Gasteiger partial charge in [-0.3, -0.25) is 0 Å². The van der Waals surface area contributed by atoms with E-state index in [2.05, 4.69) is 0 Å². The third kappa shape index (κ3) is 5.07. The van der Waals surface area contributed by atoms with Crippen LogP contribution in [0, 0.1) is 0 Å². The first-order chi connectivity index (χ1) is 18.0. The van der Waals surface area contributed by atoms with Crippen LogP contribution < -0.4 is 4.74 Å². The van der Waals surface area contributed by atoms with Gasteiger partial charge in [-0.1, -0.05) is 47.1 Å². The van der Waals surface area contributed by atoms with Crippen LogP contribution in [0.25, 0.3) is 10.8 Å². The van der Waals surface area contributed by atoms with Crippen molar-refractivity contribution < 1.29 is 56.3 Å². The van der Waals surface area contributed by atoms with Gasteiger partial charge in [0.2, 0.25) is 0 Å². The van der Waals surface area contributed by atoms with Gasteiger partial charge in [0.25, 0.3) is 0 Å². The summed E-state index contributed by atoms with van der Waals surface area (Å²) in [6.07, 6.45) is -3.14. The van der Waals surface area contributed by atoms with Gasteiger partial charge in [-0.15, -0.1) is 0 Å². The zero-order valence-electron chi connectivity index (χ0n) is 20.3. The fourth-order valence-electron chi connectivity index (χ4n) is 4.87. The molecule has 0 radical (unpaired) electrons. The molecule has 0 amide bonds. The maximum absolute atomic E-state index is 14.7. The van der Waals surface area contributed by atoms with Crippen LogP contribution in [0.2, 0.25) is 0 Å². The first-order valence-corrected chi connectivity index (χ1v) is 15.4. The van der Waals surface area contributed by atoms with Crippen molar-refractivity contribution in [2.45, 2.75) is 79.2 Å². The maximum atomic E-state index is 14.7. The zero-order valence-corrected chi connectivity index (χ0v) is 21.9. The third-order valence-corrected chi connectivity index (χ3v) is 12.6. The van der Waals surface area contributed by atoms with E-state index in [9.17, 15) is 47.9 Å². The van der Waals surface area contributed by atoms with Crippen LogP contribution in [0.3, 0.4) is 0 Å². The first kappa shape index (κ1) is 30.1. The molecular formula is C24H25F9O4S2. The van der Waals surface area contributed by atoms with E-state index in [1.54, 1.807) is 24.3 Å². The Balaban J connectivity index is 1.84. The molecule has 4 nitrogen and oxygen atoms in total. The Hall–Kier alpha value is -1.87. The van der Waals surface area contributed by atoms with Crippen molar-refractivity contribution in [1.29, 1.82) is 0 Å². The van der Waals surface area contributed by atoms with Gasteiger partial charge in [0.15, 0.2) is 0 Å². The van der Waals surface area contributed by atoms with Crippen LogP contribution in [0.5, 0.6) is 5.75 Å². The number of fused-ring (bicyclic) bond motifs is 1. The molecule has 2 fully saturated rings. The predicted molar refractivity (Wildman–Crippen MR) is 127 cm³/mol. The van der Waals surface area contributed by atoms with Crippen LogP contribution in [-0.2, 0) is 13.7 Å². The van der Waals surface area contributed by atoms with Crippen LogP contribution in [-0.4, -0.2) is 49.3 Å². The van der Waals surface area contributed by atoms with Crippen LogP contribution in [0.1, 0.15) is 44.9 Å². The summed E-state index contributed by atoms with van der Waals surface area (Å²) in [5.41, 5.74) is 0. The second kappa shape index (κ2) is 10.2. The largest absolute Gasteiger partial charge is 0.489 e. The molecule has 0 aromatic heterocycles. The van der Waals surface area contributed by atoms with Crippen molar-refractivity contribution in [2.24, 2.45) is 0 Å². The number of rotatable bonds is 8. The van der Waals surface area contributed by atoms with Gasteiger partial charge in [0.1, 0.15) is 5.75 Å². The van der Waals surface area contributed by atoms with Gasteiger partial charge < -0.3 is 4.74 Å². The normalized spacial score (nSPS) is 20.7. The van der Waals surface area contributed by atoms with E-state index in [-0.39, 0.29) is 41.1 Å². The van der Waals surface area contributed by atoms with Crippen molar-refractivity contribution >= 4 is 31.2 Å². The molecule has 1 heterocycles.